The number of nitrogens with zero attached hydrogens (tertiary/aromatic N) is 3. The number of thiazole rings is 1. The molecule has 2 aromatic heterocycles. The zero-order valence-electron chi connectivity index (χ0n) is 11.9. The smallest absolute Gasteiger partial charge is 0.337 e. The third kappa shape index (κ3) is 2.99. The molecular weight excluding hydrogens is 300 g/mol. The van der Waals surface area contributed by atoms with Crippen molar-refractivity contribution in [1.29, 1.82) is 0 Å². The van der Waals surface area contributed by atoms with E-state index < -0.39 is 5.97 Å². The number of carboxylic acids is 1. The molecule has 0 atom stereocenters. The second-order valence-electron chi connectivity index (χ2n) is 4.74. The summed E-state index contributed by atoms with van der Waals surface area (Å²) in [5, 5.41) is 15.3. The van der Waals surface area contributed by atoms with Crippen LogP contribution in [0.25, 0.3) is 5.69 Å². The van der Waals surface area contributed by atoms with E-state index in [0.717, 1.165) is 16.5 Å². The minimum atomic E-state index is -0.956. The highest BCUT2D eigenvalue weighted by atomic mass is 32.1. The van der Waals surface area contributed by atoms with Crippen LogP contribution >= 0.6 is 11.3 Å². The summed E-state index contributed by atoms with van der Waals surface area (Å²) in [6, 6.07) is 6.84. The van der Waals surface area contributed by atoms with E-state index >= 15 is 0 Å². The van der Waals surface area contributed by atoms with E-state index in [4.69, 9.17) is 0 Å². The largest absolute Gasteiger partial charge is 0.478 e. The second kappa shape index (κ2) is 5.98. The van der Waals surface area contributed by atoms with Crippen LogP contribution in [0.15, 0.2) is 42.2 Å². The van der Waals surface area contributed by atoms with Crippen molar-refractivity contribution in [3.63, 3.8) is 0 Å². The Hall–Kier alpha value is -2.67. The van der Waals surface area contributed by atoms with Gasteiger partial charge in [-0.1, -0.05) is 12.1 Å². The topological polar surface area (TPSA) is 80.0 Å². The summed E-state index contributed by atoms with van der Waals surface area (Å²) in [5.41, 5.74) is 2.63. The molecule has 0 fully saturated rings. The lowest BCUT2D eigenvalue weighted by atomic mass is 10.2. The first-order chi connectivity index (χ1) is 10.6. The maximum absolute atomic E-state index is 11.3. The van der Waals surface area contributed by atoms with Gasteiger partial charge < -0.3 is 15.0 Å². The van der Waals surface area contributed by atoms with Crippen LogP contribution in [0.5, 0.6) is 0 Å². The van der Waals surface area contributed by atoms with E-state index in [1.54, 1.807) is 46.5 Å². The molecule has 7 heteroatoms. The maximum atomic E-state index is 11.3. The lowest BCUT2D eigenvalue weighted by Gasteiger charge is -2.05. The van der Waals surface area contributed by atoms with Crippen LogP contribution in [0.2, 0.25) is 0 Å². The molecule has 2 N–H and O–H groups in total. The van der Waals surface area contributed by atoms with Crippen LogP contribution in [0.4, 0.5) is 5.13 Å². The molecule has 0 spiro atoms. The molecule has 0 aliphatic carbocycles. The SMILES string of the molecule is Cc1csc(NCc2cn(-c3ccccc3C(=O)O)cn2)n1. The average Bonchev–Trinajstić information content (AvgIpc) is 3.14. The molecule has 3 rings (SSSR count). The molecular formula is C15H14N4O2S. The van der Waals surface area contributed by atoms with Crippen molar-refractivity contribution >= 4 is 22.4 Å². The van der Waals surface area contributed by atoms with Crippen LogP contribution in [-0.4, -0.2) is 25.6 Å². The van der Waals surface area contributed by atoms with Gasteiger partial charge in [-0.25, -0.2) is 14.8 Å². The van der Waals surface area contributed by atoms with Gasteiger partial charge in [0.1, 0.15) is 0 Å². The van der Waals surface area contributed by atoms with E-state index in [1.165, 1.54) is 0 Å². The number of aromatic nitrogens is 3. The minimum absolute atomic E-state index is 0.245. The molecule has 0 aliphatic heterocycles. The van der Waals surface area contributed by atoms with Gasteiger partial charge in [-0.05, 0) is 19.1 Å². The van der Waals surface area contributed by atoms with Gasteiger partial charge in [0, 0.05) is 11.6 Å². The molecule has 6 nitrogen and oxygen atoms in total. The van der Waals surface area contributed by atoms with E-state index in [1.807, 2.05) is 18.5 Å². The predicted octanol–water partition coefficient (Wildman–Crippen LogP) is 2.95. The van der Waals surface area contributed by atoms with Gasteiger partial charge in [-0.3, -0.25) is 0 Å². The summed E-state index contributed by atoms with van der Waals surface area (Å²) in [4.78, 5) is 19.9. The molecule has 0 amide bonds. The number of benzene rings is 1. The fourth-order valence-corrected chi connectivity index (χ4v) is 2.75. The van der Waals surface area contributed by atoms with Crippen LogP contribution in [-0.2, 0) is 6.54 Å². The highest BCUT2D eigenvalue weighted by Gasteiger charge is 2.11. The number of imidazole rings is 1. The average molecular weight is 314 g/mol. The number of rotatable bonds is 5. The Balaban J connectivity index is 1.78. The van der Waals surface area contributed by atoms with Gasteiger partial charge >= 0.3 is 5.97 Å². The molecule has 0 saturated heterocycles. The fourth-order valence-electron chi connectivity index (χ4n) is 2.07. The minimum Gasteiger partial charge on any atom is -0.478 e. The first-order valence-electron chi connectivity index (χ1n) is 6.65. The van der Waals surface area contributed by atoms with E-state index in [2.05, 4.69) is 15.3 Å². The van der Waals surface area contributed by atoms with Crippen LogP contribution in [0, 0.1) is 6.92 Å². The van der Waals surface area contributed by atoms with Crippen LogP contribution in [0.1, 0.15) is 21.7 Å². The maximum Gasteiger partial charge on any atom is 0.337 e. The standard InChI is InChI=1S/C15H14N4O2S/c1-10-8-22-15(18-10)16-6-11-7-19(9-17-11)13-5-3-2-4-12(13)14(20)21/h2-5,7-9H,6H2,1H3,(H,16,18)(H,20,21). The Bertz CT molecular complexity index is 809. The molecule has 112 valence electrons. The van der Waals surface area contributed by atoms with E-state index in [9.17, 15) is 9.90 Å². The van der Waals surface area contributed by atoms with Crippen molar-refractivity contribution in [3.8, 4) is 5.69 Å². The highest BCUT2D eigenvalue weighted by Crippen LogP contribution is 2.17. The number of para-hydroxylation sites is 1. The first kappa shape index (κ1) is 14.3. The first-order valence-corrected chi connectivity index (χ1v) is 7.53. The predicted molar refractivity (Wildman–Crippen MR) is 84.7 cm³/mol. The fraction of sp³-hybridized carbons (Fsp3) is 0.133. The van der Waals surface area contributed by atoms with Gasteiger partial charge in [0.25, 0.3) is 0 Å². The number of aryl methyl sites for hydroxylation is 1. The van der Waals surface area contributed by atoms with Crippen LogP contribution < -0.4 is 5.32 Å². The van der Waals surface area contributed by atoms with Crippen molar-refractivity contribution in [3.05, 3.63) is 59.1 Å². The Labute approximate surface area is 131 Å². The van der Waals surface area contributed by atoms with Gasteiger partial charge in [0.2, 0.25) is 0 Å². The summed E-state index contributed by atoms with van der Waals surface area (Å²) in [7, 11) is 0. The van der Waals surface area contributed by atoms with Crippen molar-refractivity contribution in [2.75, 3.05) is 5.32 Å². The molecule has 0 unspecified atom stereocenters. The lowest BCUT2D eigenvalue weighted by Crippen LogP contribution is -2.04. The molecule has 3 aromatic rings. The molecule has 0 saturated carbocycles. The van der Waals surface area contributed by atoms with Crippen molar-refractivity contribution < 1.29 is 9.90 Å². The van der Waals surface area contributed by atoms with Crippen LogP contribution in [0.3, 0.4) is 0 Å². The van der Waals surface area contributed by atoms with Gasteiger partial charge in [0.15, 0.2) is 5.13 Å². The van der Waals surface area contributed by atoms with Gasteiger partial charge in [0.05, 0.1) is 35.5 Å². The zero-order chi connectivity index (χ0) is 15.5. The molecule has 0 radical (unpaired) electrons. The number of carbonyl (C=O) groups is 1. The summed E-state index contributed by atoms with van der Waals surface area (Å²) < 4.78 is 1.72. The van der Waals surface area contributed by atoms with Crippen molar-refractivity contribution in [2.45, 2.75) is 13.5 Å². The summed E-state index contributed by atoms with van der Waals surface area (Å²) >= 11 is 1.54. The quantitative estimate of drug-likeness (QED) is 0.757. The molecule has 2 heterocycles. The number of aromatic carboxylic acids is 1. The summed E-state index contributed by atoms with van der Waals surface area (Å²) in [6.07, 6.45) is 3.43. The summed E-state index contributed by atoms with van der Waals surface area (Å²) in [5.74, 6) is -0.956. The molecule has 0 bridgehead atoms. The number of nitrogens with one attached hydrogen (secondary N) is 1. The third-order valence-electron chi connectivity index (χ3n) is 3.09. The Morgan fingerprint density at radius 3 is 2.95 bits per heavy atom. The highest BCUT2D eigenvalue weighted by molar-refractivity contribution is 7.13. The number of anilines is 1. The van der Waals surface area contributed by atoms with Gasteiger partial charge in [-0.15, -0.1) is 11.3 Å². The number of hydrogen-bond acceptors (Lipinski definition) is 5. The van der Waals surface area contributed by atoms with Crippen molar-refractivity contribution in [1.82, 2.24) is 14.5 Å². The Kier molecular flexibility index (Phi) is 3.88. The summed E-state index contributed by atoms with van der Waals surface area (Å²) in [6.45, 7) is 2.48. The second-order valence-corrected chi connectivity index (χ2v) is 5.60. The third-order valence-corrected chi connectivity index (χ3v) is 4.01. The number of carboxylic acid groups (broad SMARTS) is 1. The molecule has 0 aliphatic rings. The number of hydrogen-bond donors (Lipinski definition) is 2. The molecule has 1 aromatic carbocycles. The van der Waals surface area contributed by atoms with E-state index in [-0.39, 0.29) is 5.56 Å². The zero-order valence-corrected chi connectivity index (χ0v) is 12.7. The Morgan fingerprint density at radius 1 is 1.41 bits per heavy atom. The van der Waals surface area contributed by atoms with Gasteiger partial charge in [-0.2, -0.15) is 0 Å². The monoisotopic (exact) mass is 314 g/mol. The lowest BCUT2D eigenvalue weighted by molar-refractivity contribution is 0.0697. The molecule has 22 heavy (non-hydrogen) atoms. The normalized spacial score (nSPS) is 10.6. The van der Waals surface area contributed by atoms with E-state index in [0.29, 0.717) is 12.2 Å². The van der Waals surface area contributed by atoms with Crippen molar-refractivity contribution in [2.24, 2.45) is 0 Å². The Morgan fingerprint density at radius 2 is 2.23 bits per heavy atom.